The minimum atomic E-state index is -0.683. The van der Waals surface area contributed by atoms with Gasteiger partial charge in [-0.05, 0) is 54.5 Å². The average molecular weight is 515 g/mol. The predicted molar refractivity (Wildman–Crippen MR) is 144 cm³/mol. The second kappa shape index (κ2) is 10.1. The number of hydrogen-bond donors (Lipinski definition) is 0. The Kier molecular flexibility index (Phi) is 6.67. The third-order valence-electron chi connectivity index (χ3n) is 6.37. The Hall–Kier alpha value is -4.17. The number of esters is 1. The van der Waals surface area contributed by atoms with E-state index in [1.165, 1.54) is 11.3 Å². The Labute approximate surface area is 217 Å². The van der Waals surface area contributed by atoms with E-state index in [2.05, 4.69) is 4.99 Å². The van der Waals surface area contributed by atoms with Crippen molar-refractivity contribution in [3.8, 4) is 11.5 Å². The number of ether oxygens (including phenoxy) is 3. The molecule has 0 aliphatic carbocycles. The number of allylic oxidation sites excluding steroid dienone is 1. The molecule has 0 amide bonds. The Bertz CT molecular complexity index is 1710. The first-order valence-electron chi connectivity index (χ1n) is 11.9. The number of fused-ring (bicyclic) bond motifs is 2. The molecule has 2 heterocycles. The second-order valence-electron chi connectivity index (χ2n) is 8.48. The van der Waals surface area contributed by atoms with Gasteiger partial charge >= 0.3 is 5.97 Å². The highest BCUT2D eigenvalue weighted by Crippen LogP contribution is 2.32. The normalized spacial score (nSPS) is 15.4. The third-order valence-corrected chi connectivity index (χ3v) is 7.36. The first-order chi connectivity index (χ1) is 18.0. The standard InChI is InChI=1S/C29H26N2O5S/c1-5-36-28(33)25-17(2)30-29-31(26(25)19-10-13-20(34-3)14-11-19)27(32)24(37-29)16-22-21-9-7-6-8-18(21)12-15-23(22)35-4/h6-16,26H,5H2,1-4H3/b24-16-/t26-/m1/s1. The fourth-order valence-corrected chi connectivity index (χ4v) is 5.66. The Balaban J connectivity index is 1.77. The van der Waals surface area contributed by atoms with Crippen LogP contribution < -0.4 is 24.4 Å². The van der Waals surface area contributed by atoms with E-state index >= 15 is 0 Å². The van der Waals surface area contributed by atoms with Gasteiger partial charge in [-0.2, -0.15) is 0 Å². The number of hydrogen-bond acceptors (Lipinski definition) is 7. The number of nitrogens with zero attached hydrogens (tertiary/aromatic N) is 2. The van der Waals surface area contributed by atoms with Crippen LogP contribution in [0.4, 0.5) is 0 Å². The van der Waals surface area contributed by atoms with Crippen molar-refractivity contribution in [3.05, 3.63) is 103 Å². The van der Waals surface area contributed by atoms with Crippen LogP contribution in [0.5, 0.6) is 11.5 Å². The lowest BCUT2D eigenvalue weighted by molar-refractivity contribution is -0.139. The Morgan fingerprint density at radius 3 is 2.51 bits per heavy atom. The van der Waals surface area contributed by atoms with Crippen LogP contribution in [0.1, 0.15) is 31.0 Å². The van der Waals surface area contributed by atoms with E-state index in [4.69, 9.17) is 14.2 Å². The number of carbonyl (C=O) groups excluding carboxylic acids is 1. The van der Waals surface area contributed by atoms with Gasteiger partial charge in [0.25, 0.3) is 5.56 Å². The molecule has 188 valence electrons. The minimum absolute atomic E-state index is 0.218. The summed E-state index contributed by atoms with van der Waals surface area (Å²) in [6.45, 7) is 3.74. The van der Waals surface area contributed by atoms with Crippen LogP contribution in [0.25, 0.3) is 16.8 Å². The smallest absolute Gasteiger partial charge is 0.338 e. The fourth-order valence-electron chi connectivity index (χ4n) is 4.63. The number of thiazole rings is 1. The summed E-state index contributed by atoms with van der Waals surface area (Å²) in [6, 6.07) is 18.5. The predicted octanol–water partition coefficient (Wildman–Crippen LogP) is 3.97. The van der Waals surface area contributed by atoms with Gasteiger partial charge < -0.3 is 14.2 Å². The van der Waals surface area contributed by atoms with Crippen molar-refractivity contribution in [3.63, 3.8) is 0 Å². The van der Waals surface area contributed by atoms with Crippen LogP contribution in [-0.4, -0.2) is 31.4 Å². The fraction of sp³-hybridized carbons (Fsp3) is 0.207. The van der Waals surface area contributed by atoms with Gasteiger partial charge in [-0.15, -0.1) is 0 Å². The van der Waals surface area contributed by atoms with Gasteiger partial charge in [-0.1, -0.05) is 53.8 Å². The topological polar surface area (TPSA) is 79.1 Å². The van der Waals surface area contributed by atoms with Gasteiger partial charge in [0, 0.05) is 5.56 Å². The molecule has 7 nitrogen and oxygen atoms in total. The van der Waals surface area contributed by atoms with Gasteiger partial charge in [-0.25, -0.2) is 9.79 Å². The molecule has 1 aliphatic rings. The molecule has 0 bridgehead atoms. The average Bonchev–Trinajstić information content (AvgIpc) is 3.22. The van der Waals surface area contributed by atoms with Crippen LogP contribution >= 0.6 is 11.3 Å². The summed E-state index contributed by atoms with van der Waals surface area (Å²) in [4.78, 5) is 32.2. The highest BCUT2D eigenvalue weighted by atomic mass is 32.1. The van der Waals surface area contributed by atoms with E-state index in [1.54, 1.807) is 32.6 Å². The van der Waals surface area contributed by atoms with Crippen LogP contribution in [0.3, 0.4) is 0 Å². The van der Waals surface area contributed by atoms with E-state index in [0.717, 1.165) is 21.9 Å². The van der Waals surface area contributed by atoms with Gasteiger partial charge in [0.15, 0.2) is 4.80 Å². The zero-order chi connectivity index (χ0) is 26.1. The van der Waals surface area contributed by atoms with Gasteiger partial charge in [0.05, 0.1) is 42.7 Å². The van der Waals surface area contributed by atoms with Crippen molar-refractivity contribution in [1.29, 1.82) is 0 Å². The molecule has 0 saturated carbocycles. The van der Waals surface area contributed by atoms with Crippen molar-refractivity contribution in [2.45, 2.75) is 19.9 Å². The van der Waals surface area contributed by atoms with Crippen molar-refractivity contribution in [1.82, 2.24) is 4.57 Å². The molecule has 0 radical (unpaired) electrons. The second-order valence-corrected chi connectivity index (χ2v) is 9.49. The largest absolute Gasteiger partial charge is 0.497 e. The van der Waals surface area contributed by atoms with Crippen molar-refractivity contribution in [2.75, 3.05) is 20.8 Å². The van der Waals surface area contributed by atoms with Crippen LogP contribution in [0.2, 0.25) is 0 Å². The maximum Gasteiger partial charge on any atom is 0.338 e. The maximum absolute atomic E-state index is 13.9. The molecule has 1 atom stereocenters. The molecule has 4 aromatic rings. The van der Waals surface area contributed by atoms with Gasteiger partial charge in [0.2, 0.25) is 0 Å². The lowest BCUT2D eigenvalue weighted by atomic mass is 9.96. The molecule has 0 unspecified atom stereocenters. The zero-order valence-electron chi connectivity index (χ0n) is 21.0. The van der Waals surface area contributed by atoms with Gasteiger partial charge in [0.1, 0.15) is 11.5 Å². The summed E-state index contributed by atoms with van der Waals surface area (Å²) >= 11 is 1.28. The highest BCUT2D eigenvalue weighted by Gasteiger charge is 2.33. The molecule has 0 saturated heterocycles. The molecule has 3 aromatic carbocycles. The quantitative estimate of drug-likeness (QED) is 0.364. The molecular weight excluding hydrogens is 488 g/mol. The summed E-state index contributed by atoms with van der Waals surface area (Å²) in [7, 11) is 3.20. The molecule has 5 rings (SSSR count). The summed E-state index contributed by atoms with van der Waals surface area (Å²) in [5.41, 5.74) is 2.19. The van der Waals surface area contributed by atoms with Crippen molar-refractivity contribution in [2.24, 2.45) is 4.99 Å². The van der Waals surface area contributed by atoms with Crippen LogP contribution in [-0.2, 0) is 9.53 Å². The molecule has 0 fully saturated rings. The SMILES string of the molecule is CCOC(=O)C1=C(C)N=c2s/c(=C\c3c(OC)ccc4ccccc34)c(=O)n2[C@@H]1c1ccc(OC)cc1. The molecule has 0 spiro atoms. The molecule has 1 aliphatic heterocycles. The number of methoxy groups -OCH3 is 2. The lowest BCUT2D eigenvalue weighted by Crippen LogP contribution is -2.39. The molecule has 8 heteroatoms. The minimum Gasteiger partial charge on any atom is -0.497 e. The molecule has 1 aromatic heterocycles. The molecule has 37 heavy (non-hydrogen) atoms. The van der Waals surface area contributed by atoms with E-state index in [9.17, 15) is 9.59 Å². The first-order valence-corrected chi connectivity index (χ1v) is 12.7. The monoisotopic (exact) mass is 514 g/mol. The zero-order valence-corrected chi connectivity index (χ0v) is 21.8. The van der Waals surface area contributed by atoms with Crippen molar-refractivity contribution < 1.29 is 19.0 Å². The number of carbonyl (C=O) groups is 1. The van der Waals surface area contributed by atoms with E-state index < -0.39 is 12.0 Å². The van der Waals surface area contributed by atoms with E-state index in [1.807, 2.05) is 66.7 Å². The summed E-state index contributed by atoms with van der Waals surface area (Å²) in [5.74, 6) is 0.854. The Morgan fingerprint density at radius 2 is 1.81 bits per heavy atom. The third kappa shape index (κ3) is 4.34. The summed E-state index contributed by atoms with van der Waals surface area (Å²) < 4.78 is 18.4. The number of rotatable bonds is 6. The van der Waals surface area contributed by atoms with Crippen molar-refractivity contribution >= 4 is 34.2 Å². The summed E-state index contributed by atoms with van der Waals surface area (Å²) in [6.07, 6.45) is 1.85. The maximum atomic E-state index is 13.9. The van der Waals surface area contributed by atoms with E-state index in [-0.39, 0.29) is 12.2 Å². The number of benzene rings is 3. The van der Waals surface area contributed by atoms with E-state index in [0.29, 0.717) is 32.1 Å². The summed E-state index contributed by atoms with van der Waals surface area (Å²) in [5, 5.41) is 2.02. The Morgan fingerprint density at radius 1 is 1.05 bits per heavy atom. The van der Waals surface area contributed by atoms with Gasteiger partial charge in [-0.3, -0.25) is 9.36 Å². The van der Waals surface area contributed by atoms with Crippen LogP contribution in [0.15, 0.2) is 81.7 Å². The lowest BCUT2D eigenvalue weighted by Gasteiger charge is -2.24. The molecular formula is C29H26N2O5S. The first kappa shape index (κ1) is 24.5. The van der Waals surface area contributed by atoms with Crippen LogP contribution in [0, 0.1) is 0 Å². The number of aromatic nitrogens is 1. The highest BCUT2D eigenvalue weighted by molar-refractivity contribution is 7.07. The molecule has 0 N–H and O–H groups in total.